The highest BCUT2D eigenvalue weighted by molar-refractivity contribution is 6.30. The van der Waals surface area contributed by atoms with Crippen LogP contribution < -0.4 is 14.8 Å². The highest BCUT2D eigenvalue weighted by Gasteiger charge is 2.36. The second kappa shape index (κ2) is 8.70. The third-order valence-electron chi connectivity index (χ3n) is 5.23. The van der Waals surface area contributed by atoms with Crippen LogP contribution in [-0.2, 0) is 4.79 Å². The summed E-state index contributed by atoms with van der Waals surface area (Å²) in [5.74, 6) is 0.0506. The minimum atomic E-state index is -0.545. The van der Waals surface area contributed by atoms with Crippen molar-refractivity contribution in [3.63, 3.8) is 0 Å². The zero-order chi connectivity index (χ0) is 22.0. The van der Waals surface area contributed by atoms with Crippen LogP contribution in [0.25, 0.3) is 0 Å². The van der Waals surface area contributed by atoms with E-state index in [2.05, 4.69) is 5.32 Å². The maximum atomic E-state index is 13.9. The average molecular weight is 437 g/mol. The zero-order valence-electron chi connectivity index (χ0n) is 17.1. The summed E-state index contributed by atoms with van der Waals surface area (Å²) in [6.07, 6.45) is 0. The minimum Gasteiger partial charge on any atom is -0.496 e. The fourth-order valence-corrected chi connectivity index (χ4v) is 4.05. The van der Waals surface area contributed by atoms with Crippen LogP contribution in [0, 0.1) is 0 Å². The van der Waals surface area contributed by atoms with E-state index in [1.807, 2.05) is 30.3 Å². The predicted octanol–water partition coefficient (Wildman–Crippen LogP) is 4.54. The van der Waals surface area contributed by atoms with Gasteiger partial charge in [0.25, 0.3) is 5.91 Å². The summed E-state index contributed by atoms with van der Waals surface area (Å²) >= 11 is 6.30. The molecule has 6 nitrogen and oxygen atoms in total. The van der Waals surface area contributed by atoms with E-state index >= 15 is 0 Å². The van der Waals surface area contributed by atoms with Gasteiger partial charge in [0.15, 0.2) is 0 Å². The van der Waals surface area contributed by atoms with Crippen LogP contribution in [0.4, 0.5) is 5.69 Å². The first-order valence-electron chi connectivity index (χ1n) is 9.69. The van der Waals surface area contributed by atoms with Crippen molar-refractivity contribution in [1.29, 1.82) is 0 Å². The summed E-state index contributed by atoms with van der Waals surface area (Å²) in [6, 6.07) is 19.4. The molecule has 0 aromatic heterocycles. The van der Waals surface area contributed by atoms with Crippen LogP contribution in [-0.4, -0.2) is 37.5 Å². The number of rotatable bonds is 4. The number of hydrogen-bond donors (Lipinski definition) is 1. The van der Waals surface area contributed by atoms with E-state index in [1.165, 1.54) is 19.1 Å². The van der Waals surface area contributed by atoms with Crippen LogP contribution in [0.5, 0.6) is 11.5 Å². The van der Waals surface area contributed by atoms with Crippen molar-refractivity contribution in [1.82, 2.24) is 4.90 Å². The van der Waals surface area contributed by atoms with Crippen LogP contribution in [0.15, 0.2) is 66.7 Å². The number of amides is 2. The molecule has 1 aliphatic rings. The topological polar surface area (TPSA) is 67.9 Å². The predicted molar refractivity (Wildman–Crippen MR) is 119 cm³/mol. The Morgan fingerprint density at radius 3 is 2.32 bits per heavy atom. The van der Waals surface area contributed by atoms with Gasteiger partial charge in [-0.25, -0.2) is 0 Å². The lowest BCUT2D eigenvalue weighted by molar-refractivity contribution is -0.117. The molecule has 0 fully saturated rings. The number of fused-ring (bicyclic) bond motifs is 1. The number of nitrogens with zero attached hydrogens (tertiary/aromatic N) is 1. The van der Waals surface area contributed by atoms with Crippen LogP contribution in [0.1, 0.15) is 27.5 Å². The van der Waals surface area contributed by atoms with Crippen LogP contribution in [0.3, 0.4) is 0 Å². The van der Waals surface area contributed by atoms with Gasteiger partial charge in [0, 0.05) is 16.3 Å². The molecule has 0 spiro atoms. The van der Waals surface area contributed by atoms with Gasteiger partial charge in [0.2, 0.25) is 5.91 Å². The molecule has 0 saturated heterocycles. The third-order valence-corrected chi connectivity index (χ3v) is 5.46. The Morgan fingerprint density at radius 2 is 1.68 bits per heavy atom. The molecular formula is C24H21ClN2O4. The van der Waals surface area contributed by atoms with Crippen LogP contribution in [0.2, 0.25) is 5.02 Å². The summed E-state index contributed by atoms with van der Waals surface area (Å²) in [7, 11) is 2.98. The number of hydrogen-bond acceptors (Lipinski definition) is 4. The molecule has 158 valence electrons. The SMILES string of the molecule is COc1cccc(OC)c1C(=O)N1CC(=O)Nc2ccc(Cl)cc2C1c1ccccc1. The molecule has 0 bridgehead atoms. The molecule has 0 aliphatic carbocycles. The van der Waals surface area contributed by atoms with Gasteiger partial charge in [0.05, 0.1) is 20.3 Å². The molecule has 0 radical (unpaired) electrons. The number of nitrogens with one attached hydrogen (secondary N) is 1. The first-order valence-corrected chi connectivity index (χ1v) is 10.1. The molecule has 3 aromatic rings. The number of anilines is 1. The van der Waals surface area contributed by atoms with E-state index in [9.17, 15) is 9.59 Å². The number of methoxy groups -OCH3 is 2. The lowest BCUT2D eigenvalue weighted by atomic mass is 9.95. The largest absolute Gasteiger partial charge is 0.496 e. The van der Waals surface area contributed by atoms with Gasteiger partial charge in [-0.1, -0.05) is 48.0 Å². The second-order valence-corrected chi connectivity index (χ2v) is 7.50. The van der Waals surface area contributed by atoms with Crippen molar-refractivity contribution >= 4 is 29.1 Å². The summed E-state index contributed by atoms with van der Waals surface area (Å²) < 4.78 is 10.9. The molecule has 0 saturated carbocycles. The molecule has 3 aromatic carbocycles. The summed E-state index contributed by atoms with van der Waals surface area (Å²) in [5.41, 5.74) is 2.45. The average Bonchev–Trinajstić information content (AvgIpc) is 2.94. The number of carbonyl (C=O) groups excluding carboxylic acids is 2. The summed E-state index contributed by atoms with van der Waals surface area (Å²) in [6.45, 7) is -0.147. The standard InChI is InChI=1S/C24H21ClN2O4/c1-30-19-9-6-10-20(31-2)22(19)24(29)27-14-21(28)26-18-12-11-16(25)13-17(18)23(27)15-7-4-3-5-8-15/h3-13,23H,14H2,1-2H3,(H,26,28). The Morgan fingerprint density at radius 1 is 1.00 bits per heavy atom. The first-order chi connectivity index (χ1) is 15.0. The Balaban J connectivity index is 1.93. The fraction of sp³-hybridized carbons (Fsp3) is 0.167. The van der Waals surface area contributed by atoms with Gasteiger partial charge >= 0.3 is 0 Å². The minimum absolute atomic E-state index is 0.147. The molecule has 1 heterocycles. The molecule has 4 rings (SSSR count). The molecule has 1 aliphatic heterocycles. The normalized spacial score (nSPS) is 15.5. The monoisotopic (exact) mass is 436 g/mol. The molecule has 1 atom stereocenters. The van der Waals surface area contributed by atoms with Gasteiger partial charge in [0.1, 0.15) is 23.6 Å². The van der Waals surface area contributed by atoms with Crippen molar-refractivity contribution < 1.29 is 19.1 Å². The van der Waals surface area contributed by atoms with E-state index in [0.717, 1.165) is 11.1 Å². The lowest BCUT2D eigenvalue weighted by Crippen LogP contribution is -2.39. The number of ether oxygens (including phenoxy) is 2. The molecular weight excluding hydrogens is 416 g/mol. The quantitative estimate of drug-likeness (QED) is 0.652. The third kappa shape index (κ3) is 3.94. The highest BCUT2D eigenvalue weighted by atomic mass is 35.5. The van der Waals surface area contributed by atoms with E-state index in [4.69, 9.17) is 21.1 Å². The van der Waals surface area contributed by atoms with E-state index in [-0.39, 0.29) is 23.9 Å². The van der Waals surface area contributed by atoms with Gasteiger partial charge in [-0.15, -0.1) is 0 Å². The van der Waals surface area contributed by atoms with Gasteiger partial charge in [-0.3, -0.25) is 9.59 Å². The van der Waals surface area contributed by atoms with Crippen molar-refractivity contribution in [2.75, 3.05) is 26.1 Å². The lowest BCUT2D eigenvalue weighted by Gasteiger charge is -2.31. The summed E-state index contributed by atoms with van der Waals surface area (Å²) in [4.78, 5) is 28.2. The van der Waals surface area contributed by atoms with E-state index in [0.29, 0.717) is 22.2 Å². The Labute approximate surface area is 185 Å². The van der Waals surface area contributed by atoms with Gasteiger partial charge < -0.3 is 19.7 Å². The summed E-state index contributed by atoms with van der Waals surface area (Å²) in [5, 5.41) is 3.40. The maximum Gasteiger partial charge on any atom is 0.262 e. The smallest absolute Gasteiger partial charge is 0.262 e. The molecule has 7 heteroatoms. The van der Waals surface area contributed by atoms with Crippen LogP contribution >= 0.6 is 11.6 Å². The van der Waals surface area contributed by atoms with Crippen molar-refractivity contribution in [3.8, 4) is 11.5 Å². The first kappa shape index (κ1) is 20.8. The van der Waals surface area contributed by atoms with E-state index in [1.54, 1.807) is 36.4 Å². The Hall–Kier alpha value is -3.51. The van der Waals surface area contributed by atoms with Gasteiger partial charge in [-0.2, -0.15) is 0 Å². The highest BCUT2D eigenvalue weighted by Crippen LogP contribution is 2.40. The van der Waals surface area contributed by atoms with E-state index < -0.39 is 6.04 Å². The molecule has 1 unspecified atom stereocenters. The molecule has 31 heavy (non-hydrogen) atoms. The second-order valence-electron chi connectivity index (χ2n) is 7.06. The van der Waals surface area contributed by atoms with Crippen molar-refractivity contribution in [2.45, 2.75) is 6.04 Å². The number of halogens is 1. The molecule has 1 N–H and O–H groups in total. The Kier molecular flexibility index (Phi) is 5.82. The zero-order valence-corrected chi connectivity index (χ0v) is 17.8. The number of carbonyl (C=O) groups is 2. The maximum absolute atomic E-state index is 13.9. The number of benzene rings is 3. The van der Waals surface area contributed by atoms with Gasteiger partial charge in [-0.05, 0) is 35.9 Å². The van der Waals surface area contributed by atoms with Crippen molar-refractivity contribution in [3.05, 3.63) is 88.4 Å². The Bertz CT molecular complexity index is 1110. The fourth-order valence-electron chi connectivity index (χ4n) is 3.87. The molecule has 2 amide bonds. The van der Waals surface area contributed by atoms with Crippen molar-refractivity contribution in [2.24, 2.45) is 0 Å².